The average molecular weight is 295 g/mol. The third kappa shape index (κ3) is 2.95. The van der Waals surface area contributed by atoms with Gasteiger partial charge in [-0.3, -0.25) is 4.79 Å². The minimum absolute atomic E-state index is 0.106. The van der Waals surface area contributed by atoms with Crippen LogP contribution in [0.3, 0.4) is 0 Å². The highest BCUT2D eigenvalue weighted by molar-refractivity contribution is 5.94. The van der Waals surface area contributed by atoms with E-state index in [-0.39, 0.29) is 18.0 Å². The van der Waals surface area contributed by atoms with Crippen molar-refractivity contribution in [1.82, 2.24) is 9.97 Å². The summed E-state index contributed by atoms with van der Waals surface area (Å²) in [5, 5.41) is 12.6. The lowest BCUT2D eigenvalue weighted by Crippen LogP contribution is -2.15. The highest BCUT2D eigenvalue weighted by Gasteiger charge is 2.08. The van der Waals surface area contributed by atoms with Gasteiger partial charge in [-0.2, -0.15) is 0 Å². The summed E-state index contributed by atoms with van der Waals surface area (Å²) in [4.78, 5) is 29.7. The largest absolute Gasteiger partial charge is 0.477 e. The van der Waals surface area contributed by atoms with E-state index in [0.717, 1.165) is 16.5 Å². The highest BCUT2D eigenvalue weighted by Crippen LogP contribution is 2.15. The Labute approximate surface area is 125 Å². The molecule has 0 aliphatic carbocycles. The zero-order valence-corrected chi connectivity index (χ0v) is 11.5. The molecular formula is C16H13N3O3. The van der Waals surface area contributed by atoms with Crippen molar-refractivity contribution in [2.24, 2.45) is 0 Å². The molecule has 110 valence electrons. The summed E-state index contributed by atoms with van der Waals surface area (Å²) < 4.78 is 0. The minimum Gasteiger partial charge on any atom is -0.477 e. The van der Waals surface area contributed by atoms with Crippen LogP contribution in [0.25, 0.3) is 10.9 Å². The van der Waals surface area contributed by atoms with Crippen LogP contribution >= 0.6 is 0 Å². The van der Waals surface area contributed by atoms with Crippen molar-refractivity contribution in [2.45, 2.75) is 6.42 Å². The zero-order chi connectivity index (χ0) is 15.5. The number of benzene rings is 1. The second-order valence-corrected chi connectivity index (χ2v) is 4.86. The van der Waals surface area contributed by atoms with Crippen molar-refractivity contribution in [3.05, 3.63) is 60.0 Å². The maximum Gasteiger partial charge on any atom is 0.354 e. The van der Waals surface area contributed by atoms with Crippen LogP contribution in [0.15, 0.2) is 48.8 Å². The predicted octanol–water partition coefficient (Wildman–Crippen LogP) is 2.44. The average Bonchev–Trinajstić information content (AvgIpc) is 2.95. The van der Waals surface area contributed by atoms with Crippen molar-refractivity contribution in [1.29, 1.82) is 0 Å². The normalized spacial score (nSPS) is 10.5. The van der Waals surface area contributed by atoms with Gasteiger partial charge in [-0.25, -0.2) is 9.78 Å². The fourth-order valence-corrected chi connectivity index (χ4v) is 2.22. The Bertz CT molecular complexity index is 854. The van der Waals surface area contributed by atoms with Gasteiger partial charge in [0.1, 0.15) is 5.69 Å². The molecule has 0 saturated heterocycles. The summed E-state index contributed by atoms with van der Waals surface area (Å²) in [5.41, 5.74) is 2.16. The Morgan fingerprint density at radius 2 is 2.05 bits per heavy atom. The molecule has 0 aliphatic rings. The van der Waals surface area contributed by atoms with Crippen LogP contribution in [0.2, 0.25) is 0 Å². The maximum atomic E-state index is 12.0. The molecule has 2 heterocycles. The van der Waals surface area contributed by atoms with Crippen molar-refractivity contribution in [3.63, 3.8) is 0 Å². The van der Waals surface area contributed by atoms with E-state index in [4.69, 9.17) is 5.11 Å². The van der Waals surface area contributed by atoms with E-state index in [2.05, 4.69) is 15.3 Å². The lowest BCUT2D eigenvalue weighted by Gasteiger charge is -2.06. The number of pyridine rings is 1. The number of carboxylic acid groups (broad SMARTS) is 1. The van der Waals surface area contributed by atoms with Gasteiger partial charge in [-0.1, -0.05) is 12.1 Å². The second kappa shape index (κ2) is 5.69. The summed E-state index contributed by atoms with van der Waals surface area (Å²) in [6.45, 7) is 0. The minimum atomic E-state index is -1.13. The Morgan fingerprint density at radius 3 is 2.86 bits per heavy atom. The van der Waals surface area contributed by atoms with Crippen LogP contribution in [-0.2, 0) is 11.2 Å². The molecule has 0 unspecified atom stereocenters. The summed E-state index contributed by atoms with van der Waals surface area (Å²) in [5.74, 6) is -1.35. The molecule has 22 heavy (non-hydrogen) atoms. The van der Waals surface area contributed by atoms with Crippen LogP contribution in [-0.4, -0.2) is 27.0 Å². The van der Waals surface area contributed by atoms with Gasteiger partial charge in [-0.05, 0) is 35.2 Å². The molecule has 6 heteroatoms. The quantitative estimate of drug-likeness (QED) is 0.689. The predicted molar refractivity (Wildman–Crippen MR) is 81.8 cm³/mol. The standard InChI is InChI=1S/C16H13N3O3/c20-15(19-12-4-6-18-14(9-12)16(21)22)8-10-1-2-11-3-5-17-13(11)7-10/h1-7,9,17H,8H2,(H,21,22)(H,18,19,20). The SMILES string of the molecule is O=C(Cc1ccc2cc[nH]c2c1)Nc1ccnc(C(=O)O)c1. The molecule has 0 fully saturated rings. The number of hydrogen-bond donors (Lipinski definition) is 3. The maximum absolute atomic E-state index is 12.0. The Kier molecular flexibility index (Phi) is 3.57. The van der Waals surface area contributed by atoms with E-state index in [1.165, 1.54) is 12.3 Å². The monoisotopic (exact) mass is 295 g/mol. The van der Waals surface area contributed by atoms with Gasteiger partial charge in [0, 0.05) is 23.6 Å². The first kappa shape index (κ1) is 13.8. The number of carbonyl (C=O) groups is 2. The fourth-order valence-electron chi connectivity index (χ4n) is 2.22. The second-order valence-electron chi connectivity index (χ2n) is 4.86. The highest BCUT2D eigenvalue weighted by atomic mass is 16.4. The zero-order valence-electron chi connectivity index (χ0n) is 11.5. The number of carboxylic acids is 1. The van der Waals surface area contributed by atoms with Crippen LogP contribution in [0.4, 0.5) is 5.69 Å². The number of H-pyrrole nitrogens is 1. The van der Waals surface area contributed by atoms with Crippen LogP contribution in [0.5, 0.6) is 0 Å². The fraction of sp³-hybridized carbons (Fsp3) is 0.0625. The molecule has 6 nitrogen and oxygen atoms in total. The molecule has 0 bridgehead atoms. The van der Waals surface area contributed by atoms with E-state index in [1.54, 1.807) is 6.07 Å². The van der Waals surface area contributed by atoms with E-state index >= 15 is 0 Å². The number of anilines is 1. The van der Waals surface area contributed by atoms with Crippen LogP contribution in [0, 0.1) is 0 Å². The van der Waals surface area contributed by atoms with E-state index in [9.17, 15) is 9.59 Å². The molecule has 0 atom stereocenters. The molecule has 0 radical (unpaired) electrons. The molecule has 3 rings (SSSR count). The van der Waals surface area contributed by atoms with Crippen LogP contribution < -0.4 is 5.32 Å². The van der Waals surface area contributed by atoms with Gasteiger partial charge < -0.3 is 15.4 Å². The van der Waals surface area contributed by atoms with Gasteiger partial charge in [-0.15, -0.1) is 0 Å². The van der Waals surface area contributed by atoms with E-state index in [1.807, 2.05) is 30.5 Å². The molecule has 3 aromatic rings. The summed E-state index contributed by atoms with van der Waals surface area (Å²) >= 11 is 0. The molecule has 2 aromatic heterocycles. The summed E-state index contributed by atoms with van der Waals surface area (Å²) in [6, 6.07) is 10.6. The Hall–Kier alpha value is -3.15. The number of aromatic amines is 1. The van der Waals surface area contributed by atoms with E-state index in [0.29, 0.717) is 5.69 Å². The Morgan fingerprint density at radius 1 is 1.18 bits per heavy atom. The van der Waals surface area contributed by atoms with Gasteiger partial charge in [0.25, 0.3) is 0 Å². The summed E-state index contributed by atoms with van der Waals surface area (Å²) in [7, 11) is 0. The Balaban J connectivity index is 1.71. The number of aromatic nitrogens is 2. The molecule has 1 amide bonds. The molecule has 0 spiro atoms. The number of fused-ring (bicyclic) bond motifs is 1. The lowest BCUT2D eigenvalue weighted by atomic mass is 10.1. The van der Waals surface area contributed by atoms with Crippen molar-refractivity contribution >= 4 is 28.5 Å². The number of rotatable bonds is 4. The third-order valence-corrected chi connectivity index (χ3v) is 3.25. The molecule has 1 aromatic carbocycles. The number of nitrogens with one attached hydrogen (secondary N) is 2. The van der Waals surface area contributed by atoms with Gasteiger partial charge >= 0.3 is 5.97 Å². The van der Waals surface area contributed by atoms with Crippen molar-refractivity contribution < 1.29 is 14.7 Å². The van der Waals surface area contributed by atoms with Gasteiger partial charge in [0.2, 0.25) is 5.91 Å². The molecule has 3 N–H and O–H groups in total. The van der Waals surface area contributed by atoms with Crippen molar-refractivity contribution in [2.75, 3.05) is 5.32 Å². The van der Waals surface area contributed by atoms with Gasteiger partial charge in [0.05, 0.1) is 6.42 Å². The number of nitrogens with zero attached hydrogens (tertiary/aromatic N) is 1. The first-order valence-electron chi connectivity index (χ1n) is 6.67. The lowest BCUT2D eigenvalue weighted by molar-refractivity contribution is -0.115. The number of carbonyl (C=O) groups excluding carboxylic acids is 1. The summed E-state index contributed by atoms with van der Waals surface area (Å²) in [6.07, 6.45) is 3.41. The molecule has 0 aliphatic heterocycles. The smallest absolute Gasteiger partial charge is 0.354 e. The first-order valence-corrected chi connectivity index (χ1v) is 6.67. The van der Waals surface area contributed by atoms with Crippen LogP contribution in [0.1, 0.15) is 16.1 Å². The van der Waals surface area contributed by atoms with Gasteiger partial charge in [0.15, 0.2) is 0 Å². The number of hydrogen-bond acceptors (Lipinski definition) is 3. The number of amides is 1. The molecular weight excluding hydrogens is 282 g/mol. The topological polar surface area (TPSA) is 95.1 Å². The molecule has 0 saturated carbocycles. The van der Waals surface area contributed by atoms with E-state index < -0.39 is 5.97 Å². The third-order valence-electron chi connectivity index (χ3n) is 3.25. The van der Waals surface area contributed by atoms with Crippen molar-refractivity contribution in [3.8, 4) is 0 Å². The first-order chi connectivity index (χ1) is 10.6. The number of aromatic carboxylic acids is 1.